The maximum atomic E-state index is 5.64. The SMILES string of the molecule is CCc1nc2cc(NC(C)C3CCCC3)ccc2o1. The minimum absolute atomic E-state index is 0.539. The molecule has 1 aliphatic carbocycles. The van der Waals surface area contributed by atoms with Crippen LogP contribution >= 0.6 is 0 Å². The molecule has 102 valence electrons. The molecule has 1 atom stereocenters. The Morgan fingerprint density at radius 3 is 2.89 bits per heavy atom. The fraction of sp³-hybridized carbons (Fsp3) is 0.562. The first kappa shape index (κ1) is 12.5. The van der Waals surface area contributed by atoms with Gasteiger partial charge in [0.15, 0.2) is 11.5 Å². The predicted molar refractivity (Wildman–Crippen MR) is 78.4 cm³/mol. The van der Waals surface area contributed by atoms with E-state index in [-0.39, 0.29) is 0 Å². The van der Waals surface area contributed by atoms with Gasteiger partial charge in [0, 0.05) is 18.2 Å². The minimum atomic E-state index is 0.539. The number of anilines is 1. The minimum Gasteiger partial charge on any atom is -0.441 e. The predicted octanol–water partition coefficient (Wildman–Crippen LogP) is 4.38. The van der Waals surface area contributed by atoms with Crippen LogP contribution in [0.2, 0.25) is 0 Å². The highest BCUT2D eigenvalue weighted by Crippen LogP contribution is 2.30. The molecule has 1 aromatic heterocycles. The lowest BCUT2D eigenvalue weighted by atomic mass is 9.99. The van der Waals surface area contributed by atoms with E-state index in [1.54, 1.807) is 0 Å². The van der Waals surface area contributed by atoms with Crippen molar-refractivity contribution in [2.75, 3.05) is 5.32 Å². The van der Waals surface area contributed by atoms with Crippen molar-refractivity contribution in [3.05, 3.63) is 24.1 Å². The molecule has 0 amide bonds. The number of hydrogen-bond acceptors (Lipinski definition) is 3. The van der Waals surface area contributed by atoms with Crippen LogP contribution in [0, 0.1) is 5.92 Å². The summed E-state index contributed by atoms with van der Waals surface area (Å²) in [5.41, 5.74) is 3.00. The number of hydrogen-bond donors (Lipinski definition) is 1. The molecule has 0 aliphatic heterocycles. The van der Waals surface area contributed by atoms with E-state index >= 15 is 0 Å². The highest BCUT2D eigenvalue weighted by atomic mass is 16.3. The lowest BCUT2D eigenvalue weighted by molar-refractivity contribution is 0.482. The molecule has 1 aliphatic rings. The lowest BCUT2D eigenvalue weighted by Gasteiger charge is -2.21. The molecule has 0 spiro atoms. The molecule has 19 heavy (non-hydrogen) atoms. The Hall–Kier alpha value is -1.51. The Bertz CT molecular complexity index is 555. The summed E-state index contributed by atoms with van der Waals surface area (Å²) in [6.45, 7) is 4.35. The molecular weight excluding hydrogens is 236 g/mol. The standard InChI is InChI=1S/C16H22N2O/c1-3-16-18-14-10-13(8-9-15(14)19-16)17-11(2)12-6-4-5-7-12/h8-12,17H,3-7H2,1-2H3. The molecule has 1 saturated carbocycles. The van der Waals surface area contributed by atoms with Crippen LogP contribution in [0.5, 0.6) is 0 Å². The van der Waals surface area contributed by atoms with Crippen LogP contribution in [0.4, 0.5) is 5.69 Å². The molecule has 3 rings (SSSR count). The summed E-state index contributed by atoms with van der Waals surface area (Å²) in [6, 6.07) is 6.75. The zero-order valence-electron chi connectivity index (χ0n) is 11.8. The monoisotopic (exact) mass is 258 g/mol. The van der Waals surface area contributed by atoms with E-state index in [0.29, 0.717) is 6.04 Å². The first-order valence-electron chi connectivity index (χ1n) is 7.42. The van der Waals surface area contributed by atoms with Crippen molar-refractivity contribution in [3.8, 4) is 0 Å². The molecule has 1 N–H and O–H groups in total. The summed E-state index contributed by atoms with van der Waals surface area (Å²) in [7, 11) is 0. The van der Waals surface area contributed by atoms with Gasteiger partial charge < -0.3 is 9.73 Å². The van der Waals surface area contributed by atoms with Crippen molar-refractivity contribution < 1.29 is 4.42 Å². The second kappa shape index (κ2) is 5.24. The molecule has 1 unspecified atom stereocenters. The van der Waals surface area contributed by atoms with Gasteiger partial charge in [-0.25, -0.2) is 4.98 Å². The van der Waals surface area contributed by atoms with Gasteiger partial charge in [0.05, 0.1) is 0 Å². The van der Waals surface area contributed by atoms with Crippen LogP contribution in [0.15, 0.2) is 22.6 Å². The van der Waals surface area contributed by atoms with Crippen LogP contribution in [0.3, 0.4) is 0 Å². The second-order valence-electron chi connectivity index (χ2n) is 5.62. The van der Waals surface area contributed by atoms with E-state index in [4.69, 9.17) is 4.42 Å². The normalized spacial score (nSPS) is 18.0. The van der Waals surface area contributed by atoms with E-state index in [1.165, 1.54) is 25.7 Å². The molecule has 2 aromatic rings. The average molecular weight is 258 g/mol. The summed E-state index contributed by atoms with van der Waals surface area (Å²) >= 11 is 0. The van der Waals surface area contributed by atoms with E-state index in [9.17, 15) is 0 Å². The van der Waals surface area contributed by atoms with Gasteiger partial charge in [0.2, 0.25) is 0 Å². The van der Waals surface area contributed by atoms with E-state index in [1.807, 2.05) is 6.07 Å². The first-order chi connectivity index (χ1) is 9.26. The van der Waals surface area contributed by atoms with Gasteiger partial charge >= 0.3 is 0 Å². The Labute approximate surface area is 114 Å². The Morgan fingerprint density at radius 1 is 1.37 bits per heavy atom. The fourth-order valence-corrected chi connectivity index (χ4v) is 3.05. The highest BCUT2D eigenvalue weighted by molar-refractivity contribution is 5.77. The van der Waals surface area contributed by atoms with E-state index in [2.05, 4.69) is 36.3 Å². The maximum Gasteiger partial charge on any atom is 0.195 e. The third-order valence-electron chi connectivity index (χ3n) is 4.24. The summed E-state index contributed by atoms with van der Waals surface area (Å²) < 4.78 is 5.64. The number of nitrogens with one attached hydrogen (secondary N) is 1. The van der Waals surface area contributed by atoms with Crippen LogP contribution in [-0.4, -0.2) is 11.0 Å². The number of nitrogens with zero attached hydrogens (tertiary/aromatic N) is 1. The average Bonchev–Trinajstić information content (AvgIpc) is 3.07. The van der Waals surface area contributed by atoms with E-state index in [0.717, 1.165) is 35.0 Å². The Morgan fingerprint density at radius 2 is 2.16 bits per heavy atom. The van der Waals surface area contributed by atoms with Crippen LogP contribution in [0.25, 0.3) is 11.1 Å². The van der Waals surface area contributed by atoms with Gasteiger partial charge in [0.1, 0.15) is 5.52 Å². The quantitative estimate of drug-likeness (QED) is 0.884. The smallest absolute Gasteiger partial charge is 0.195 e. The van der Waals surface area contributed by atoms with E-state index < -0.39 is 0 Å². The number of aromatic nitrogens is 1. The largest absolute Gasteiger partial charge is 0.441 e. The van der Waals surface area contributed by atoms with Gasteiger partial charge in [-0.05, 0) is 43.9 Å². The van der Waals surface area contributed by atoms with Crippen molar-refractivity contribution in [3.63, 3.8) is 0 Å². The molecule has 0 radical (unpaired) electrons. The third kappa shape index (κ3) is 2.60. The van der Waals surface area contributed by atoms with Crippen molar-refractivity contribution >= 4 is 16.8 Å². The summed E-state index contributed by atoms with van der Waals surface area (Å²) in [6.07, 6.45) is 6.34. The van der Waals surface area contributed by atoms with Gasteiger partial charge in [-0.2, -0.15) is 0 Å². The van der Waals surface area contributed by atoms with Gasteiger partial charge in [-0.3, -0.25) is 0 Å². The third-order valence-corrected chi connectivity index (χ3v) is 4.24. The second-order valence-corrected chi connectivity index (χ2v) is 5.62. The molecule has 1 heterocycles. The van der Waals surface area contributed by atoms with Crippen LogP contribution in [-0.2, 0) is 6.42 Å². The topological polar surface area (TPSA) is 38.1 Å². The molecule has 0 bridgehead atoms. The van der Waals surface area contributed by atoms with Gasteiger partial charge in [-0.1, -0.05) is 19.8 Å². The Balaban J connectivity index is 1.76. The number of rotatable bonds is 4. The van der Waals surface area contributed by atoms with Crippen molar-refractivity contribution in [1.29, 1.82) is 0 Å². The summed E-state index contributed by atoms with van der Waals surface area (Å²) in [5, 5.41) is 3.62. The fourth-order valence-electron chi connectivity index (χ4n) is 3.05. The van der Waals surface area contributed by atoms with Crippen molar-refractivity contribution in [2.24, 2.45) is 5.92 Å². The first-order valence-corrected chi connectivity index (χ1v) is 7.42. The summed E-state index contributed by atoms with van der Waals surface area (Å²) in [5.74, 6) is 1.63. The lowest BCUT2D eigenvalue weighted by Crippen LogP contribution is -2.23. The van der Waals surface area contributed by atoms with Gasteiger partial charge in [-0.15, -0.1) is 0 Å². The molecule has 0 saturated heterocycles. The van der Waals surface area contributed by atoms with Crippen LogP contribution < -0.4 is 5.32 Å². The highest BCUT2D eigenvalue weighted by Gasteiger charge is 2.21. The summed E-state index contributed by atoms with van der Waals surface area (Å²) in [4.78, 5) is 4.49. The zero-order chi connectivity index (χ0) is 13.2. The molecule has 3 nitrogen and oxygen atoms in total. The maximum absolute atomic E-state index is 5.64. The number of fused-ring (bicyclic) bond motifs is 1. The zero-order valence-corrected chi connectivity index (χ0v) is 11.8. The number of aryl methyl sites for hydroxylation is 1. The Kier molecular flexibility index (Phi) is 3.45. The van der Waals surface area contributed by atoms with Crippen molar-refractivity contribution in [1.82, 2.24) is 4.98 Å². The van der Waals surface area contributed by atoms with Crippen LogP contribution in [0.1, 0.15) is 45.4 Å². The number of benzene rings is 1. The van der Waals surface area contributed by atoms with Gasteiger partial charge in [0.25, 0.3) is 0 Å². The number of oxazole rings is 1. The molecule has 3 heteroatoms. The molecular formula is C16H22N2O. The van der Waals surface area contributed by atoms with Crippen molar-refractivity contribution in [2.45, 2.75) is 52.0 Å². The molecule has 1 aromatic carbocycles. The molecule has 1 fully saturated rings.